The number of carbonyl (C=O) groups is 2. The average Bonchev–Trinajstić information content (AvgIpc) is 2.75. The maximum atomic E-state index is 12.0. The Morgan fingerprint density at radius 2 is 1.94 bits per heavy atom. The molecule has 2 aromatic rings. The van der Waals surface area contributed by atoms with Gasteiger partial charge in [-0.25, -0.2) is 14.3 Å². The fourth-order valence-corrected chi connectivity index (χ4v) is 1.65. The molecule has 0 saturated heterocycles. The van der Waals surface area contributed by atoms with E-state index in [4.69, 9.17) is 0 Å². The zero-order valence-electron chi connectivity index (χ0n) is 10.4. The molecule has 18 heavy (non-hydrogen) atoms. The molecule has 0 aliphatic rings. The van der Waals surface area contributed by atoms with E-state index in [1.165, 1.54) is 16.6 Å². The number of rotatable bonds is 1. The van der Waals surface area contributed by atoms with Crippen LogP contribution in [-0.4, -0.2) is 47.7 Å². The molecule has 94 valence electrons. The summed E-state index contributed by atoms with van der Waals surface area (Å²) in [5, 5.41) is 0. The molecule has 0 fully saturated rings. The molecule has 0 unspecified atom stereocenters. The summed E-state index contributed by atoms with van der Waals surface area (Å²) in [7, 11) is 4.47. The molecule has 0 saturated carbocycles. The second-order valence-electron chi connectivity index (χ2n) is 3.93. The first-order chi connectivity index (χ1) is 8.56. The van der Waals surface area contributed by atoms with Gasteiger partial charge in [0.15, 0.2) is 0 Å². The number of benzene rings is 1. The first-order valence-corrected chi connectivity index (χ1v) is 5.33. The van der Waals surface area contributed by atoms with Crippen LogP contribution in [0.3, 0.4) is 0 Å². The van der Waals surface area contributed by atoms with Crippen molar-refractivity contribution in [2.75, 3.05) is 21.2 Å². The van der Waals surface area contributed by atoms with Crippen molar-refractivity contribution in [2.24, 2.45) is 0 Å². The Bertz CT molecular complexity index is 616. The summed E-state index contributed by atoms with van der Waals surface area (Å²) in [6, 6.07) is 7.02. The molecule has 0 aliphatic heterocycles. The maximum absolute atomic E-state index is 12.0. The number of hydrogen-bond donors (Lipinski definition) is 0. The normalized spacial score (nSPS) is 10.4. The highest BCUT2D eigenvalue weighted by atomic mass is 16.5. The van der Waals surface area contributed by atoms with Crippen molar-refractivity contribution < 1.29 is 14.3 Å². The predicted molar refractivity (Wildman–Crippen MR) is 65.6 cm³/mol. The van der Waals surface area contributed by atoms with E-state index in [-0.39, 0.29) is 11.7 Å². The van der Waals surface area contributed by atoms with Crippen molar-refractivity contribution in [3.05, 3.63) is 30.1 Å². The van der Waals surface area contributed by atoms with Crippen molar-refractivity contribution in [1.82, 2.24) is 14.5 Å². The maximum Gasteiger partial charge on any atom is 0.420 e. The number of para-hydroxylation sites is 2. The van der Waals surface area contributed by atoms with Crippen LogP contribution in [0.5, 0.6) is 0 Å². The van der Waals surface area contributed by atoms with E-state index in [0.717, 1.165) is 0 Å². The van der Waals surface area contributed by atoms with Gasteiger partial charge in [-0.1, -0.05) is 12.1 Å². The van der Waals surface area contributed by atoms with Gasteiger partial charge in [-0.15, -0.1) is 0 Å². The Kier molecular flexibility index (Phi) is 3.01. The van der Waals surface area contributed by atoms with E-state index in [0.29, 0.717) is 11.0 Å². The van der Waals surface area contributed by atoms with Gasteiger partial charge in [-0.05, 0) is 12.1 Å². The third kappa shape index (κ3) is 1.81. The van der Waals surface area contributed by atoms with Crippen LogP contribution in [0.2, 0.25) is 0 Å². The van der Waals surface area contributed by atoms with Gasteiger partial charge >= 0.3 is 6.09 Å². The first-order valence-electron chi connectivity index (χ1n) is 5.33. The predicted octanol–water partition coefficient (Wildman–Crippen LogP) is 1.35. The number of carbonyl (C=O) groups excluding carboxylic acids is 2. The van der Waals surface area contributed by atoms with Gasteiger partial charge in [0.2, 0.25) is 5.82 Å². The lowest BCUT2D eigenvalue weighted by atomic mass is 10.3. The largest absolute Gasteiger partial charge is 0.452 e. The lowest BCUT2D eigenvalue weighted by Gasteiger charge is -2.10. The van der Waals surface area contributed by atoms with Crippen LogP contribution in [0.15, 0.2) is 24.3 Å². The highest BCUT2D eigenvalue weighted by molar-refractivity contribution is 5.99. The lowest BCUT2D eigenvalue weighted by molar-refractivity contribution is 0.0809. The standard InChI is InChI=1S/C12H13N3O3/c1-14(2)11(16)10-13-8-6-4-5-7-9(8)15(10)12(17)18-3/h4-7H,1-3H3. The average molecular weight is 247 g/mol. The highest BCUT2D eigenvalue weighted by Gasteiger charge is 2.23. The van der Waals surface area contributed by atoms with E-state index in [2.05, 4.69) is 9.72 Å². The van der Waals surface area contributed by atoms with Crippen molar-refractivity contribution in [2.45, 2.75) is 0 Å². The highest BCUT2D eigenvalue weighted by Crippen LogP contribution is 2.17. The molecule has 6 nitrogen and oxygen atoms in total. The summed E-state index contributed by atoms with van der Waals surface area (Å²) in [4.78, 5) is 29.3. The number of fused-ring (bicyclic) bond motifs is 1. The fourth-order valence-electron chi connectivity index (χ4n) is 1.65. The number of imidazole rings is 1. The minimum absolute atomic E-state index is 0.0491. The zero-order chi connectivity index (χ0) is 13.3. The lowest BCUT2D eigenvalue weighted by Crippen LogP contribution is -2.27. The SMILES string of the molecule is COC(=O)n1c(C(=O)N(C)C)nc2ccccc21. The number of amides is 1. The number of nitrogens with zero attached hydrogens (tertiary/aromatic N) is 3. The second-order valence-corrected chi connectivity index (χ2v) is 3.93. The molecule has 0 spiro atoms. The van der Waals surface area contributed by atoms with Crippen molar-refractivity contribution in [3.63, 3.8) is 0 Å². The first kappa shape index (κ1) is 12.1. The molecule has 6 heteroatoms. The Balaban J connectivity index is 2.72. The molecule has 0 aliphatic carbocycles. The quantitative estimate of drug-likeness (QED) is 0.763. The Morgan fingerprint density at radius 1 is 1.28 bits per heavy atom. The topological polar surface area (TPSA) is 64.4 Å². The van der Waals surface area contributed by atoms with Crippen LogP contribution in [0, 0.1) is 0 Å². The van der Waals surface area contributed by atoms with Crippen LogP contribution in [-0.2, 0) is 4.74 Å². The van der Waals surface area contributed by atoms with Gasteiger partial charge in [0, 0.05) is 14.1 Å². The summed E-state index contributed by atoms with van der Waals surface area (Å²) in [6.07, 6.45) is -0.631. The fraction of sp³-hybridized carbons (Fsp3) is 0.250. The molecule has 0 bridgehead atoms. The number of methoxy groups -OCH3 is 1. The summed E-state index contributed by atoms with van der Waals surface area (Å²) in [5.41, 5.74) is 1.13. The molecule has 1 heterocycles. The Labute approximate surface area is 104 Å². The third-order valence-electron chi connectivity index (χ3n) is 2.52. The zero-order valence-corrected chi connectivity index (χ0v) is 10.4. The smallest absolute Gasteiger partial charge is 0.420 e. The molecule has 0 atom stereocenters. The molecule has 0 radical (unpaired) electrons. The molecular formula is C12H13N3O3. The minimum Gasteiger partial charge on any atom is -0.452 e. The van der Waals surface area contributed by atoms with Crippen molar-refractivity contribution >= 4 is 23.0 Å². The number of ether oxygens (including phenoxy) is 1. The Hall–Kier alpha value is -2.37. The van der Waals surface area contributed by atoms with Crippen LogP contribution >= 0.6 is 0 Å². The Morgan fingerprint density at radius 3 is 2.56 bits per heavy atom. The van der Waals surface area contributed by atoms with E-state index in [1.807, 2.05) is 0 Å². The minimum atomic E-state index is -0.631. The summed E-state index contributed by atoms with van der Waals surface area (Å²) >= 11 is 0. The van der Waals surface area contributed by atoms with Gasteiger partial charge in [0.25, 0.3) is 5.91 Å². The van der Waals surface area contributed by atoms with Gasteiger partial charge in [-0.2, -0.15) is 0 Å². The molecular weight excluding hydrogens is 234 g/mol. The molecule has 1 aromatic carbocycles. The van der Waals surface area contributed by atoms with Gasteiger partial charge in [0.1, 0.15) is 0 Å². The second kappa shape index (κ2) is 4.48. The number of hydrogen-bond acceptors (Lipinski definition) is 4. The summed E-state index contributed by atoms with van der Waals surface area (Å²) < 4.78 is 5.86. The molecule has 2 rings (SSSR count). The van der Waals surface area contributed by atoms with Crippen molar-refractivity contribution in [1.29, 1.82) is 0 Å². The molecule has 1 aromatic heterocycles. The van der Waals surface area contributed by atoms with Gasteiger partial charge < -0.3 is 9.64 Å². The van der Waals surface area contributed by atoms with Gasteiger partial charge in [-0.3, -0.25) is 4.79 Å². The molecule has 0 N–H and O–H groups in total. The summed E-state index contributed by atoms with van der Waals surface area (Å²) in [6.45, 7) is 0. The van der Waals surface area contributed by atoms with Crippen LogP contribution in [0.4, 0.5) is 4.79 Å². The van der Waals surface area contributed by atoms with E-state index in [9.17, 15) is 9.59 Å². The third-order valence-corrected chi connectivity index (χ3v) is 2.52. The van der Waals surface area contributed by atoms with E-state index < -0.39 is 6.09 Å². The number of aromatic nitrogens is 2. The van der Waals surface area contributed by atoms with Crippen LogP contribution in [0.25, 0.3) is 11.0 Å². The van der Waals surface area contributed by atoms with E-state index in [1.54, 1.807) is 38.4 Å². The summed E-state index contributed by atoms with van der Waals surface area (Å²) in [5.74, 6) is -0.301. The van der Waals surface area contributed by atoms with Crippen molar-refractivity contribution in [3.8, 4) is 0 Å². The van der Waals surface area contributed by atoms with Gasteiger partial charge in [0.05, 0.1) is 18.1 Å². The van der Waals surface area contributed by atoms with Crippen LogP contribution < -0.4 is 0 Å². The molecule has 1 amide bonds. The monoisotopic (exact) mass is 247 g/mol. The van der Waals surface area contributed by atoms with E-state index >= 15 is 0 Å². The van der Waals surface area contributed by atoms with Crippen LogP contribution in [0.1, 0.15) is 10.6 Å².